The fraction of sp³-hybridized carbons (Fsp3) is 0.115. The van der Waals surface area contributed by atoms with Crippen LogP contribution in [0.4, 0.5) is 17.1 Å². The third-order valence-corrected chi connectivity index (χ3v) is 5.78. The standard InChI is InChI=1S/C26H22ClN3O6/c1-34-17-12-13-19(21(14-17)36-3)30-25(32)22(27)23(26(30)33)28-16-10-8-15(9-11-16)24(31)29-18-6-4-5-7-20(18)35-2/h4-14,28H,1-3H3,(H,29,31). The highest BCUT2D eigenvalue weighted by molar-refractivity contribution is 6.53. The Labute approximate surface area is 212 Å². The van der Waals surface area contributed by atoms with Crippen molar-refractivity contribution in [3.05, 3.63) is 83.0 Å². The maximum atomic E-state index is 13.1. The van der Waals surface area contributed by atoms with Crippen molar-refractivity contribution in [1.82, 2.24) is 0 Å². The van der Waals surface area contributed by atoms with Crippen molar-refractivity contribution in [2.24, 2.45) is 0 Å². The molecule has 0 unspecified atom stereocenters. The fourth-order valence-corrected chi connectivity index (χ4v) is 3.80. The molecule has 1 aliphatic rings. The number of halogens is 1. The van der Waals surface area contributed by atoms with Crippen LogP contribution in [-0.4, -0.2) is 39.1 Å². The average molecular weight is 508 g/mol. The van der Waals surface area contributed by atoms with E-state index in [1.54, 1.807) is 60.7 Å². The summed E-state index contributed by atoms with van der Waals surface area (Å²) >= 11 is 6.24. The molecule has 0 aromatic heterocycles. The Morgan fingerprint density at radius 1 is 0.833 bits per heavy atom. The molecule has 3 aromatic carbocycles. The van der Waals surface area contributed by atoms with Crippen LogP contribution in [0.5, 0.6) is 17.2 Å². The zero-order valence-electron chi connectivity index (χ0n) is 19.6. The lowest BCUT2D eigenvalue weighted by Crippen LogP contribution is -2.32. The van der Waals surface area contributed by atoms with E-state index in [1.165, 1.54) is 27.4 Å². The Bertz CT molecular complexity index is 1370. The summed E-state index contributed by atoms with van der Waals surface area (Å²) in [5.74, 6) is -0.373. The van der Waals surface area contributed by atoms with Gasteiger partial charge < -0.3 is 24.8 Å². The minimum Gasteiger partial charge on any atom is -0.497 e. The van der Waals surface area contributed by atoms with E-state index < -0.39 is 11.8 Å². The number of hydrogen-bond acceptors (Lipinski definition) is 7. The van der Waals surface area contributed by atoms with Gasteiger partial charge in [0.1, 0.15) is 28.0 Å². The van der Waals surface area contributed by atoms with Crippen LogP contribution in [-0.2, 0) is 9.59 Å². The predicted octanol–water partition coefficient (Wildman–Crippen LogP) is 4.40. The van der Waals surface area contributed by atoms with Gasteiger partial charge in [-0.2, -0.15) is 0 Å². The van der Waals surface area contributed by atoms with Crippen LogP contribution in [0.25, 0.3) is 0 Å². The molecule has 3 aromatic rings. The summed E-state index contributed by atoms with van der Waals surface area (Å²) < 4.78 is 15.7. The second kappa shape index (κ2) is 10.4. The Balaban J connectivity index is 1.51. The maximum Gasteiger partial charge on any atom is 0.283 e. The molecule has 0 aliphatic carbocycles. The van der Waals surface area contributed by atoms with Crippen LogP contribution in [0.3, 0.4) is 0 Å². The number of ether oxygens (including phenoxy) is 3. The molecule has 0 bridgehead atoms. The zero-order chi connectivity index (χ0) is 25.8. The number of amides is 3. The molecule has 10 heteroatoms. The minimum atomic E-state index is -0.694. The van der Waals surface area contributed by atoms with Crippen molar-refractivity contribution in [2.45, 2.75) is 0 Å². The Morgan fingerprint density at radius 2 is 1.53 bits per heavy atom. The van der Waals surface area contributed by atoms with Crippen LogP contribution in [0, 0.1) is 0 Å². The lowest BCUT2D eigenvalue weighted by atomic mass is 10.1. The van der Waals surface area contributed by atoms with Crippen LogP contribution in [0.1, 0.15) is 10.4 Å². The molecule has 0 saturated carbocycles. The van der Waals surface area contributed by atoms with Crippen LogP contribution < -0.4 is 29.7 Å². The summed E-state index contributed by atoms with van der Waals surface area (Å²) in [5, 5.41) is 5.41. The normalized spacial score (nSPS) is 13.1. The van der Waals surface area contributed by atoms with Gasteiger partial charge in [-0.3, -0.25) is 14.4 Å². The molecule has 0 fully saturated rings. The van der Waals surface area contributed by atoms with Gasteiger partial charge in [0.2, 0.25) is 0 Å². The quantitative estimate of drug-likeness (QED) is 0.435. The number of carbonyl (C=O) groups is 3. The predicted molar refractivity (Wildman–Crippen MR) is 136 cm³/mol. The molecule has 36 heavy (non-hydrogen) atoms. The molecule has 1 aliphatic heterocycles. The van der Waals surface area contributed by atoms with Crippen LogP contribution >= 0.6 is 11.6 Å². The highest BCUT2D eigenvalue weighted by Crippen LogP contribution is 2.37. The van der Waals surface area contributed by atoms with Crippen LogP contribution in [0.15, 0.2) is 77.5 Å². The van der Waals surface area contributed by atoms with Crippen molar-refractivity contribution in [3.8, 4) is 17.2 Å². The van der Waals surface area contributed by atoms with E-state index in [9.17, 15) is 14.4 Å². The second-order valence-corrected chi connectivity index (χ2v) is 7.91. The number of nitrogens with zero attached hydrogens (tertiary/aromatic N) is 1. The number of methoxy groups -OCH3 is 3. The number of anilines is 3. The van der Waals surface area contributed by atoms with Gasteiger partial charge in [-0.15, -0.1) is 0 Å². The highest BCUT2D eigenvalue weighted by Gasteiger charge is 2.40. The van der Waals surface area contributed by atoms with E-state index in [0.29, 0.717) is 28.4 Å². The molecule has 0 saturated heterocycles. The molecule has 2 N–H and O–H groups in total. The smallest absolute Gasteiger partial charge is 0.283 e. The van der Waals surface area contributed by atoms with E-state index in [1.807, 2.05) is 0 Å². The summed E-state index contributed by atoms with van der Waals surface area (Å²) in [6.07, 6.45) is 0. The lowest BCUT2D eigenvalue weighted by Gasteiger charge is -2.18. The van der Waals surface area contributed by atoms with Gasteiger partial charge in [0.05, 0.1) is 32.7 Å². The van der Waals surface area contributed by atoms with E-state index >= 15 is 0 Å². The molecule has 0 radical (unpaired) electrons. The number of benzene rings is 3. The van der Waals surface area contributed by atoms with E-state index in [2.05, 4.69) is 10.6 Å². The number of rotatable bonds is 8. The van der Waals surface area contributed by atoms with Crippen LogP contribution in [0.2, 0.25) is 0 Å². The van der Waals surface area contributed by atoms with Gasteiger partial charge in [-0.25, -0.2) is 4.90 Å². The van der Waals surface area contributed by atoms with E-state index in [-0.39, 0.29) is 28.1 Å². The van der Waals surface area contributed by atoms with Crippen molar-refractivity contribution in [1.29, 1.82) is 0 Å². The molecule has 0 spiro atoms. The fourth-order valence-electron chi connectivity index (χ4n) is 3.59. The Hall–Kier alpha value is -4.50. The van der Waals surface area contributed by atoms with Gasteiger partial charge in [-0.1, -0.05) is 23.7 Å². The first-order valence-electron chi connectivity index (χ1n) is 10.7. The topological polar surface area (TPSA) is 106 Å². The number of hydrogen-bond donors (Lipinski definition) is 2. The van der Waals surface area contributed by atoms with Crippen molar-refractivity contribution in [2.75, 3.05) is 36.9 Å². The van der Waals surface area contributed by atoms with Crippen molar-refractivity contribution in [3.63, 3.8) is 0 Å². The maximum absolute atomic E-state index is 13.1. The minimum absolute atomic E-state index is 0.0919. The molecule has 0 atom stereocenters. The van der Waals surface area contributed by atoms with Crippen molar-refractivity contribution < 1.29 is 28.6 Å². The number of nitrogens with one attached hydrogen (secondary N) is 2. The molecule has 4 rings (SSSR count). The molecule has 184 valence electrons. The summed E-state index contributed by atoms with van der Waals surface area (Å²) in [7, 11) is 4.43. The molecule has 9 nitrogen and oxygen atoms in total. The first kappa shape index (κ1) is 24.6. The zero-order valence-corrected chi connectivity index (χ0v) is 20.4. The van der Waals surface area contributed by atoms with Gasteiger partial charge in [0.15, 0.2) is 0 Å². The summed E-state index contributed by atoms with van der Waals surface area (Å²) in [6.45, 7) is 0. The molecule has 1 heterocycles. The Morgan fingerprint density at radius 3 is 2.19 bits per heavy atom. The molecule has 3 amide bonds. The lowest BCUT2D eigenvalue weighted by molar-refractivity contribution is -0.120. The molecular formula is C26H22ClN3O6. The highest BCUT2D eigenvalue weighted by atomic mass is 35.5. The summed E-state index contributed by atoms with van der Waals surface area (Å²) in [6, 6.07) is 18.1. The van der Waals surface area contributed by atoms with E-state index in [0.717, 1.165) is 4.90 Å². The van der Waals surface area contributed by atoms with Gasteiger partial charge in [0, 0.05) is 17.3 Å². The average Bonchev–Trinajstić information content (AvgIpc) is 3.11. The van der Waals surface area contributed by atoms with Gasteiger partial charge >= 0.3 is 0 Å². The monoisotopic (exact) mass is 507 g/mol. The number of imide groups is 1. The third kappa shape index (κ3) is 4.69. The number of carbonyl (C=O) groups excluding carboxylic acids is 3. The summed E-state index contributed by atoms with van der Waals surface area (Å²) in [5.41, 5.74) is 1.51. The van der Waals surface area contributed by atoms with Gasteiger partial charge in [0.25, 0.3) is 17.7 Å². The Kier molecular flexibility index (Phi) is 7.12. The summed E-state index contributed by atoms with van der Waals surface area (Å²) in [4.78, 5) is 39.5. The first-order chi connectivity index (χ1) is 17.4. The van der Waals surface area contributed by atoms with Gasteiger partial charge in [-0.05, 0) is 48.5 Å². The SMILES string of the molecule is COc1ccc(N2C(=O)C(Cl)=C(Nc3ccc(C(=O)Nc4ccccc4OC)cc3)C2=O)c(OC)c1. The third-order valence-electron chi connectivity index (χ3n) is 5.43. The first-order valence-corrected chi connectivity index (χ1v) is 11.1. The largest absolute Gasteiger partial charge is 0.497 e. The van der Waals surface area contributed by atoms with Crippen molar-refractivity contribution >= 4 is 46.4 Å². The number of para-hydroxylation sites is 2. The molecular weight excluding hydrogens is 486 g/mol. The second-order valence-electron chi connectivity index (χ2n) is 7.53. The van der Waals surface area contributed by atoms with E-state index in [4.69, 9.17) is 25.8 Å².